The average Bonchev–Trinajstić information content (AvgIpc) is 2.63. The largest absolute Gasteiger partial charge is 0.371 e. The predicted molar refractivity (Wildman–Crippen MR) is 90.9 cm³/mol. The maximum atomic E-state index is 11.9. The number of nitrogens with one attached hydrogen (secondary N) is 1. The number of urea groups is 1. The molecule has 0 bridgehead atoms. The molecule has 2 aromatic carbocycles. The lowest BCUT2D eigenvalue weighted by Gasteiger charge is -2.25. The summed E-state index contributed by atoms with van der Waals surface area (Å²) in [5.74, 6) is 0. The Kier molecular flexibility index (Phi) is 4.75. The molecule has 0 saturated carbocycles. The summed E-state index contributed by atoms with van der Waals surface area (Å²) < 4.78 is 5.72. The van der Waals surface area contributed by atoms with Crippen LogP contribution in [0.4, 0.5) is 16.2 Å². The van der Waals surface area contributed by atoms with Crippen LogP contribution in [0.2, 0.25) is 0 Å². The molecule has 1 aliphatic rings. The minimum absolute atomic E-state index is 0.0109. The van der Waals surface area contributed by atoms with Crippen LogP contribution in [0.5, 0.6) is 0 Å². The van der Waals surface area contributed by atoms with Crippen LogP contribution in [0.25, 0.3) is 0 Å². The number of carbonyl (C=O) groups excluding carboxylic acids is 1. The Morgan fingerprint density at radius 3 is 2.67 bits per heavy atom. The molecule has 0 aliphatic carbocycles. The Labute approximate surface area is 140 Å². The molecule has 1 fully saturated rings. The Morgan fingerprint density at radius 1 is 1.25 bits per heavy atom. The van der Waals surface area contributed by atoms with Crippen molar-refractivity contribution < 1.29 is 9.53 Å². The third-order valence-electron chi connectivity index (χ3n) is 3.90. The van der Waals surface area contributed by atoms with Crippen molar-refractivity contribution in [3.8, 4) is 6.07 Å². The van der Waals surface area contributed by atoms with Crippen LogP contribution in [-0.2, 0) is 4.74 Å². The van der Waals surface area contributed by atoms with E-state index in [2.05, 4.69) is 11.4 Å². The summed E-state index contributed by atoms with van der Waals surface area (Å²) in [4.78, 5) is 13.3. The van der Waals surface area contributed by atoms with Crippen molar-refractivity contribution in [1.82, 2.24) is 5.32 Å². The van der Waals surface area contributed by atoms with Gasteiger partial charge < -0.3 is 15.8 Å². The van der Waals surface area contributed by atoms with Gasteiger partial charge in [-0.3, -0.25) is 4.90 Å². The van der Waals surface area contributed by atoms with E-state index in [1.165, 1.54) is 4.90 Å². The molecule has 0 radical (unpaired) electrons. The second-order valence-electron chi connectivity index (χ2n) is 5.49. The summed E-state index contributed by atoms with van der Waals surface area (Å²) in [6.07, 6.45) is 0.0109. The molecule has 1 unspecified atom stereocenters. The fourth-order valence-electron chi connectivity index (χ4n) is 2.74. The van der Waals surface area contributed by atoms with Gasteiger partial charge in [-0.05, 0) is 35.9 Å². The first kappa shape index (κ1) is 16.0. The number of nitrogens with zero attached hydrogens (tertiary/aromatic N) is 2. The Balaban J connectivity index is 1.89. The predicted octanol–water partition coefficient (Wildman–Crippen LogP) is 2.44. The van der Waals surface area contributed by atoms with Crippen molar-refractivity contribution in [1.29, 1.82) is 5.26 Å². The molecule has 3 rings (SSSR count). The minimum Gasteiger partial charge on any atom is -0.371 e. The number of benzene rings is 2. The molecule has 2 aromatic rings. The number of ether oxygens (including phenoxy) is 1. The molecule has 122 valence electrons. The molecule has 1 heterocycles. The van der Waals surface area contributed by atoms with Gasteiger partial charge in [-0.2, -0.15) is 5.26 Å². The molecule has 2 amide bonds. The van der Waals surface area contributed by atoms with Crippen molar-refractivity contribution in [2.75, 3.05) is 24.6 Å². The maximum absolute atomic E-state index is 11.9. The Morgan fingerprint density at radius 2 is 2.04 bits per heavy atom. The first-order valence-corrected chi connectivity index (χ1v) is 7.71. The van der Waals surface area contributed by atoms with Gasteiger partial charge in [-0.25, -0.2) is 4.79 Å². The van der Waals surface area contributed by atoms with Crippen LogP contribution in [0, 0.1) is 11.3 Å². The van der Waals surface area contributed by atoms with E-state index in [0.29, 0.717) is 23.5 Å². The summed E-state index contributed by atoms with van der Waals surface area (Å²) in [6, 6.07) is 15.8. The lowest BCUT2D eigenvalue weighted by Crippen LogP contribution is -2.33. The molecule has 1 saturated heterocycles. The fourth-order valence-corrected chi connectivity index (χ4v) is 2.74. The van der Waals surface area contributed by atoms with Crippen molar-refractivity contribution >= 4 is 17.4 Å². The quantitative estimate of drug-likeness (QED) is 0.908. The van der Waals surface area contributed by atoms with Gasteiger partial charge in [0.1, 0.15) is 0 Å². The topological polar surface area (TPSA) is 91.4 Å². The highest BCUT2D eigenvalue weighted by atomic mass is 16.5. The number of nitriles is 1. The maximum Gasteiger partial charge on any atom is 0.323 e. The molecule has 24 heavy (non-hydrogen) atoms. The van der Waals surface area contributed by atoms with E-state index in [1.807, 2.05) is 24.3 Å². The van der Waals surface area contributed by atoms with E-state index in [-0.39, 0.29) is 6.10 Å². The zero-order valence-electron chi connectivity index (χ0n) is 13.1. The van der Waals surface area contributed by atoms with Gasteiger partial charge in [-0.15, -0.1) is 0 Å². The van der Waals surface area contributed by atoms with E-state index in [1.54, 1.807) is 24.3 Å². The van der Waals surface area contributed by atoms with Gasteiger partial charge in [-0.1, -0.05) is 18.2 Å². The zero-order chi connectivity index (χ0) is 16.9. The minimum atomic E-state index is -0.603. The average molecular weight is 322 g/mol. The number of carbonyl (C=O) groups is 1. The highest BCUT2D eigenvalue weighted by molar-refractivity contribution is 5.98. The lowest BCUT2D eigenvalue weighted by atomic mass is 10.1. The molecule has 1 aliphatic heterocycles. The monoisotopic (exact) mass is 322 g/mol. The van der Waals surface area contributed by atoms with E-state index in [9.17, 15) is 4.79 Å². The zero-order valence-corrected chi connectivity index (χ0v) is 13.1. The molecule has 1 atom stereocenters. The SMILES string of the molecule is N#Cc1cccc(N(C(N)=O)c2ccc(C3CNCCO3)cc2)c1. The number of hydrogen-bond acceptors (Lipinski definition) is 4. The van der Waals surface area contributed by atoms with E-state index in [4.69, 9.17) is 15.7 Å². The molecular formula is C18H18N4O2. The fraction of sp³-hybridized carbons (Fsp3) is 0.222. The van der Waals surface area contributed by atoms with E-state index < -0.39 is 6.03 Å². The summed E-state index contributed by atoms with van der Waals surface area (Å²) in [7, 11) is 0. The number of morpholine rings is 1. The summed E-state index contributed by atoms with van der Waals surface area (Å²) in [5, 5.41) is 12.3. The van der Waals surface area contributed by atoms with Crippen LogP contribution < -0.4 is 16.0 Å². The van der Waals surface area contributed by atoms with Crippen molar-refractivity contribution in [2.24, 2.45) is 5.73 Å². The number of primary amides is 1. The highest BCUT2D eigenvalue weighted by Gasteiger charge is 2.18. The van der Waals surface area contributed by atoms with Gasteiger partial charge in [0.15, 0.2) is 0 Å². The third kappa shape index (κ3) is 3.38. The van der Waals surface area contributed by atoms with E-state index in [0.717, 1.165) is 18.7 Å². The Hall–Kier alpha value is -2.88. The van der Waals surface area contributed by atoms with Crippen molar-refractivity contribution in [2.45, 2.75) is 6.10 Å². The van der Waals surface area contributed by atoms with Gasteiger partial charge >= 0.3 is 6.03 Å². The molecule has 0 aromatic heterocycles. The van der Waals surface area contributed by atoms with Crippen LogP contribution in [0.1, 0.15) is 17.2 Å². The molecule has 3 N–H and O–H groups in total. The number of amides is 2. The summed E-state index contributed by atoms with van der Waals surface area (Å²) in [6.45, 7) is 2.31. The lowest BCUT2D eigenvalue weighted by molar-refractivity contribution is 0.0277. The molecular weight excluding hydrogens is 304 g/mol. The summed E-state index contributed by atoms with van der Waals surface area (Å²) >= 11 is 0. The van der Waals surface area contributed by atoms with Crippen molar-refractivity contribution in [3.05, 3.63) is 59.7 Å². The number of hydrogen-bond donors (Lipinski definition) is 2. The molecule has 0 spiro atoms. The number of nitrogens with two attached hydrogens (primary N) is 1. The van der Waals surface area contributed by atoms with Crippen LogP contribution in [0.15, 0.2) is 48.5 Å². The first-order chi connectivity index (χ1) is 11.7. The molecule has 6 heteroatoms. The molecule has 6 nitrogen and oxygen atoms in total. The highest BCUT2D eigenvalue weighted by Crippen LogP contribution is 2.28. The van der Waals surface area contributed by atoms with Crippen LogP contribution in [-0.4, -0.2) is 25.7 Å². The van der Waals surface area contributed by atoms with Crippen LogP contribution in [0.3, 0.4) is 0 Å². The van der Waals surface area contributed by atoms with Gasteiger partial charge in [0, 0.05) is 13.1 Å². The van der Waals surface area contributed by atoms with Crippen molar-refractivity contribution in [3.63, 3.8) is 0 Å². The number of rotatable bonds is 3. The van der Waals surface area contributed by atoms with Crippen LogP contribution >= 0.6 is 0 Å². The standard InChI is InChI=1S/C18H18N4O2/c19-11-13-2-1-3-16(10-13)22(18(20)23)15-6-4-14(5-7-15)17-12-21-8-9-24-17/h1-7,10,17,21H,8-9,12H2,(H2,20,23). The smallest absolute Gasteiger partial charge is 0.323 e. The van der Waals surface area contributed by atoms with Gasteiger partial charge in [0.05, 0.1) is 35.7 Å². The van der Waals surface area contributed by atoms with Gasteiger partial charge in [0.25, 0.3) is 0 Å². The number of anilines is 2. The third-order valence-corrected chi connectivity index (χ3v) is 3.90. The Bertz CT molecular complexity index is 761. The first-order valence-electron chi connectivity index (χ1n) is 7.71. The second kappa shape index (κ2) is 7.13. The normalized spacial score (nSPS) is 17.0. The summed E-state index contributed by atoms with van der Waals surface area (Å²) in [5.41, 5.74) is 8.26. The van der Waals surface area contributed by atoms with Gasteiger partial charge in [0.2, 0.25) is 0 Å². The second-order valence-corrected chi connectivity index (χ2v) is 5.49. The van der Waals surface area contributed by atoms with E-state index >= 15 is 0 Å².